The molecule has 4 rings (SSSR count). The van der Waals surface area contributed by atoms with Crippen molar-refractivity contribution in [3.05, 3.63) is 108 Å². The van der Waals surface area contributed by atoms with Crippen LogP contribution in [0.2, 0.25) is 0 Å². The first kappa shape index (κ1) is 15.2. The Morgan fingerprint density at radius 3 is 2.04 bits per heavy atom. The summed E-state index contributed by atoms with van der Waals surface area (Å²) < 4.78 is 14.4. The van der Waals surface area contributed by atoms with Crippen molar-refractivity contribution >= 4 is 22.3 Å². The fourth-order valence-electron chi connectivity index (χ4n) is 2.81. The SMILES string of the molecule is Fc1cc(N=C(c2ccccc2)c2ccccc2)cc2ncccc12. The highest BCUT2D eigenvalue weighted by Crippen LogP contribution is 2.25. The fourth-order valence-corrected chi connectivity index (χ4v) is 2.81. The van der Waals surface area contributed by atoms with Gasteiger partial charge in [0, 0.05) is 28.8 Å². The molecular formula is C22H15FN2. The lowest BCUT2D eigenvalue weighted by Gasteiger charge is -2.08. The summed E-state index contributed by atoms with van der Waals surface area (Å²) in [5, 5.41) is 0.502. The molecular weight excluding hydrogens is 311 g/mol. The van der Waals surface area contributed by atoms with E-state index in [1.54, 1.807) is 18.3 Å². The van der Waals surface area contributed by atoms with E-state index in [0.29, 0.717) is 16.6 Å². The van der Waals surface area contributed by atoms with Crippen LogP contribution in [0.5, 0.6) is 0 Å². The van der Waals surface area contributed by atoms with Crippen LogP contribution in [0.25, 0.3) is 10.9 Å². The molecule has 0 atom stereocenters. The van der Waals surface area contributed by atoms with Gasteiger partial charge in [0.15, 0.2) is 0 Å². The smallest absolute Gasteiger partial charge is 0.134 e. The first-order valence-electron chi connectivity index (χ1n) is 8.05. The molecule has 0 unspecified atom stereocenters. The van der Waals surface area contributed by atoms with Crippen LogP contribution in [0.1, 0.15) is 11.1 Å². The summed E-state index contributed by atoms with van der Waals surface area (Å²) in [4.78, 5) is 8.99. The van der Waals surface area contributed by atoms with Crippen LogP contribution >= 0.6 is 0 Å². The van der Waals surface area contributed by atoms with E-state index < -0.39 is 0 Å². The molecule has 0 aliphatic heterocycles. The zero-order chi connectivity index (χ0) is 17.1. The van der Waals surface area contributed by atoms with Gasteiger partial charge in [-0.05, 0) is 18.2 Å². The minimum absolute atomic E-state index is 0.315. The number of benzene rings is 3. The van der Waals surface area contributed by atoms with E-state index in [9.17, 15) is 4.39 Å². The second-order valence-electron chi connectivity index (χ2n) is 5.69. The van der Waals surface area contributed by atoms with E-state index in [1.807, 2.05) is 66.7 Å². The third-order valence-corrected chi connectivity index (χ3v) is 3.99. The van der Waals surface area contributed by atoms with E-state index in [1.165, 1.54) is 6.07 Å². The summed E-state index contributed by atoms with van der Waals surface area (Å²) in [7, 11) is 0. The summed E-state index contributed by atoms with van der Waals surface area (Å²) in [5.41, 5.74) is 3.91. The molecule has 0 aliphatic rings. The van der Waals surface area contributed by atoms with Crippen LogP contribution in [0.3, 0.4) is 0 Å². The van der Waals surface area contributed by atoms with E-state index >= 15 is 0 Å². The van der Waals surface area contributed by atoms with E-state index in [-0.39, 0.29) is 5.82 Å². The van der Waals surface area contributed by atoms with Crippen LogP contribution in [-0.2, 0) is 0 Å². The summed E-state index contributed by atoms with van der Waals surface area (Å²) in [6.45, 7) is 0. The van der Waals surface area contributed by atoms with E-state index in [4.69, 9.17) is 4.99 Å². The molecule has 3 aromatic carbocycles. The summed E-state index contributed by atoms with van der Waals surface area (Å²) in [6, 6.07) is 26.5. The molecule has 0 bridgehead atoms. The van der Waals surface area contributed by atoms with Gasteiger partial charge in [0.25, 0.3) is 0 Å². The molecule has 120 valence electrons. The third-order valence-electron chi connectivity index (χ3n) is 3.99. The molecule has 2 nitrogen and oxygen atoms in total. The highest BCUT2D eigenvalue weighted by Gasteiger charge is 2.09. The number of halogens is 1. The highest BCUT2D eigenvalue weighted by atomic mass is 19.1. The van der Waals surface area contributed by atoms with Crippen LogP contribution in [-0.4, -0.2) is 10.7 Å². The van der Waals surface area contributed by atoms with Crippen molar-refractivity contribution in [2.75, 3.05) is 0 Å². The molecule has 0 spiro atoms. The number of aliphatic imine (C=N–C) groups is 1. The Labute approximate surface area is 145 Å². The Kier molecular flexibility index (Phi) is 4.05. The maximum absolute atomic E-state index is 14.4. The molecule has 0 aliphatic carbocycles. The van der Waals surface area contributed by atoms with Crippen molar-refractivity contribution < 1.29 is 4.39 Å². The Morgan fingerprint density at radius 2 is 1.40 bits per heavy atom. The number of rotatable bonds is 3. The second-order valence-corrected chi connectivity index (χ2v) is 5.69. The van der Waals surface area contributed by atoms with Crippen LogP contribution in [0.4, 0.5) is 10.1 Å². The van der Waals surface area contributed by atoms with Crippen molar-refractivity contribution in [2.45, 2.75) is 0 Å². The Balaban J connectivity index is 1.91. The first-order chi connectivity index (χ1) is 12.3. The fraction of sp³-hybridized carbons (Fsp3) is 0. The Bertz CT molecular complexity index is 1000. The molecule has 0 fully saturated rings. The largest absolute Gasteiger partial charge is 0.256 e. The summed E-state index contributed by atoms with van der Waals surface area (Å²) in [6.07, 6.45) is 1.66. The zero-order valence-corrected chi connectivity index (χ0v) is 13.4. The van der Waals surface area contributed by atoms with Gasteiger partial charge < -0.3 is 0 Å². The van der Waals surface area contributed by atoms with Gasteiger partial charge >= 0.3 is 0 Å². The standard InChI is InChI=1S/C22H15FN2/c23-20-14-18(15-21-19(20)12-7-13-24-21)25-22(16-8-3-1-4-9-16)17-10-5-2-6-11-17/h1-15H. The quantitative estimate of drug-likeness (QED) is 0.454. The topological polar surface area (TPSA) is 25.2 Å². The van der Waals surface area contributed by atoms with Gasteiger partial charge in [-0.1, -0.05) is 60.7 Å². The third kappa shape index (κ3) is 3.17. The molecule has 3 heteroatoms. The molecule has 0 saturated heterocycles. The average Bonchev–Trinajstić information content (AvgIpc) is 2.67. The minimum atomic E-state index is -0.315. The molecule has 0 radical (unpaired) electrons. The molecule has 0 N–H and O–H groups in total. The van der Waals surface area contributed by atoms with Gasteiger partial charge in [-0.15, -0.1) is 0 Å². The number of fused-ring (bicyclic) bond motifs is 1. The minimum Gasteiger partial charge on any atom is -0.256 e. The van der Waals surface area contributed by atoms with Gasteiger partial charge in [-0.3, -0.25) is 4.98 Å². The Morgan fingerprint density at radius 1 is 0.760 bits per heavy atom. The maximum Gasteiger partial charge on any atom is 0.134 e. The van der Waals surface area contributed by atoms with E-state index in [2.05, 4.69) is 4.98 Å². The molecule has 1 aromatic heterocycles. The lowest BCUT2D eigenvalue weighted by atomic mass is 10.0. The molecule has 25 heavy (non-hydrogen) atoms. The van der Waals surface area contributed by atoms with Crippen molar-refractivity contribution in [1.29, 1.82) is 0 Å². The monoisotopic (exact) mass is 326 g/mol. The lowest BCUT2D eigenvalue weighted by molar-refractivity contribution is 0.640. The number of aromatic nitrogens is 1. The van der Waals surface area contributed by atoms with E-state index in [0.717, 1.165) is 16.8 Å². The Hall–Kier alpha value is -3.33. The number of nitrogens with zero attached hydrogens (tertiary/aromatic N) is 2. The normalized spacial score (nSPS) is 10.6. The van der Waals surface area contributed by atoms with Crippen molar-refractivity contribution in [3.63, 3.8) is 0 Å². The first-order valence-corrected chi connectivity index (χ1v) is 8.05. The van der Waals surface area contributed by atoms with Crippen LogP contribution < -0.4 is 0 Å². The number of hydrogen-bond donors (Lipinski definition) is 0. The average molecular weight is 326 g/mol. The van der Waals surface area contributed by atoms with Crippen molar-refractivity contribution in [2.24, 2.45) is 4.99 Å². The van der Waals surface area contributed by atoms with Gasteiger partial charge in [0.2, 0.25) is 0 Å². The molecule has 4 aromatic rings. The zero-order valence-electron chi connectivity index (χ0n) is 13.4. The predicted molar refractivity (Wildman–Crippen MR) is 99.9 cm³/mol. The number of pyridine rings is 1. The molecule has 1 heterocycles. The summed E-state index contributed by atoms with van der Waals surface area (Å²) in [5.74, 6) is -0.315. The lowest BCUT2D eigenvalue weighted by Crippen LogP contribution is -2.02. The van der Waals surface area contributed by atoms with Gasteiger partial charge in [0.1, 0.15) is 5.82 Å². The molecule has 0 amide bonds. The van der Waals surface area contributed by atoms with Crippen LogP contribution in [0, 0.1) is 5.82 Å². The van der Waals surface area contributed by atoms with Gasteiger partial charge in [-0.2, -0.15) is 0 Å². The maximum atomic E-state index is 14.4. The van der Waals surface area contributed by atoms with Gasteiger partial charge in [-0.25, -0.2) is 9.38 Å². The van der Waals surface area contributed by atoms with Crippen molar-refractivity contribution in [3.8, 4) is 0 Å². The highest BCUT2D eigenvalue weighted by molar-refractivity contribution is 6.14. The number of hydrogen-bond acceptors (Lipinski definition) is 2. The second kappa shape index (κ2) is 6.65. The van der Waals surface area contributed by atoms with Gasteiger partial charge in [0.05, 0.1) is 16.9 Å². The van der Waals surface area contributed by atoms with Crippen LogP contribution in [0.15, 0.2) is 96.1 Å². The molecule has 0 saturated carbocycles. The predicted octanol–water partition coefficient (Wildman–Crippen LogP) is 5.54. The van der Waals surface area contributed by atoms with Crippen molar-refractivity contribution in [1.82, 2.24) is 4.98 Å². The summed E-state index contributed by atoms with van der Waals surface area (Å²) >= 11 is 0.